The maximum Gasteiger partial charge on any atom is 0.238 e. The van der Waals surface area contributed by atoms with Crippen LogP contribution >= 0.6 is 11.3 Å². The maximum atomic E-state index is 11.4. The van der Waals surface area contributed by atoms with E-state index in [-0.39, 0.29) is 4.90 Å². The van der Waals surface area contributed by atoms with Gasteiger partial charge in [-0.2, -0.15) is 0 Å². The fraction of sp³-hybridized carbons (Fsp3) is 0.316. The standard InChI is InChI=1S/C19H25N7O2S2/c1-2-18-25-24-14-26(18)10-9-21-19(23-13-16-4-3-11-29-16)22-12-15-5-7-17(8-6-15)30(20,27)28/h3-8,11,14H,2,9-10,12-13H2,1H3,(H2,20,27,28)(H2,21,22,23). The molecule has 2 heterocycles. The lowest BCUT2D eigenvalue weighted by atomic mass is 10.2. The average Bonchev–Trinajstić information content (AvgIpc) is 3.41. The Morgan fingerprint density at radius 2 is 2.03 bits per heavy atom. The number of thiophene rings is 1. The summed E-state index contributed by atoms with van der Waals surface area (Å²) in [6.45, 7) is 4.49. The van der Waals surface area contributed by atoms with E-state index >= 15 is 0 Å². The lowest BCUT2D eigenvalue weighted by Crippen LogP contribution is -2.38. The number of nitrogens with one attached hydrogen (secondary N) is 2. The van der Waals surface area contributed by atoms with Gasteiger partial charge in [0.05, 0.1) is 18.0 Å². The summed E-state index contributed by atoms with van der Waals surface area (Å²) in [4.78, 5) is 5.92. The highest BCUT2D eigenvalue weighted by atomic mass is 32.2. The molecule has 0 fully saturated rings. The summed E-state index contributed by atoms with van der Waals surface area (Å²) in [6, 6.07) is 10.5. The second kappa shape index (κ2) is 10.3. The molecule has 11 heteroatoms. The van der Waals surface area contributed by atoms with Gasteiger partial charge in [0.15, 0.2) is 5.96 Å². The minimum Gasteiger partial charge on any atom is -0.355 e. The number of aryl methyl sites for hydroxylation is 1. The molecule has 4 N–H and O–H groups in total. The summed E-state index contributed by atoms with van der Waals surface area (Å²) in [5, 5.41) is 21.9. The summed E-state index contributed by atoms with van der Waals surface area (Å²) < 4.78 is 24.8. The van der Waals surface area contributed by atoms with Crippen LogP contribution in [0.5, 0.6) is 0 Å². The third kappa shape index (κ3) is 6.37. The van der Waals surface area contributed by atoms with Crippen molar-refractivity contribution in [1.82, 2.24) is 25.4 Å². The zero-order valence-electron chi connectivity index (χ0n) is 16.7. The number of aliphatic imine (C=N–C) groups is 1. The zero-order valence-corrected chi connectivity index (χ0v) is 18.3. The molecule has 0 bridgehead atoms. The van der Waals surface area contributed by atoms with E-state index in [2.05, 4.69) is 31.9 Å². The molecule has 160 valence electrons. The highest BCUT2D eigenvalue weighted by Crippen LogP contribution is 2.10. The van der Waals surface area contributed by atoms with E-state index in [4.69, 9.17) is 5.14 Å². The number of nitrogens with two attached hydrogens (primary N) is 1. The Hall–Kier alpha value is -2.76. The largest absolute Gasteiger partial charge is 0.355 e. The molecular formula is C19H25N7O2S2. The first-order valence-corrected chi connectivity index (χ1v) is 11.9. The van der Waals surface area contributed by atoms with Gasteiger partial charge in [-0.15, -0.1) is 21.5 Å². The fourth-order valence-electron chi connectivity index (χ4n) is 2.75. The van der Waals surface area contributed by atoms with Crippen molar-refractivity contribution < 1.29 is 8.42 Å². The van der Waals surface area contributed by atoms with E-state index in [0.29, 0.717) is 25.6 Å². The number of hydrogen-bond acceptors (Lipinski definition) is 6. The van der Waals surface area contributed by atoms with Crippen molar-refractivity contribution in [2.45, 2.75) is 37.9 Å². The Bertz CT molecular complexity index is 1060. The highest BCUT2D eigenvalue weighted by molar-refractivity contribution is 7.89. The molecule has 0 saturated carbocycles. The lowest BCUT2D eigenvalue weighted by Gasteiger charge is -2.13. The monoisotopic (exact) mass is 447 g/mol. The summed E-state index contributed by atoms with van der Waals surface area (Å²) in [7, 11) is -3.70. The first kappa shape index (κ1) is 21.9. The smallest absolute Gasteiger partial charge is 0.238 e. The molecule has 0 aliphatic rings. The van der Waals surface area contributed by atoms with Crippen LogP contribution in [0.2, 0.25) is 0 Å². The van der Waals surface area contributed by atoms with Crippen LogP contribution in [0.1, 0.15) is 23.2 Å². The Morgan fingerprint density at radius 1 is 1.23 bits per heavy atom. The van der Waals surface area contributed by atoms with Gasteiger partial charge in [-0.25, -0.2) is 18.5 Å². The van der Waals surface area contributed by atoms with Gasteiger partial charge in [0.2, 0.25) is 10.0 Å². The van der Waals surface area contributed by atoms with Crippen molar-refractivity contribution in [3.63, 3.8) is 0 Å². The summed E-state index contributed by atoms with van der Waals surface area (Å²) in [6.07, 6.45) is 2.55. The molecule has 1 aromatic carbocycles. The third-order valence-electron chi connectivity index (χ3n) is 4.34. The molecule has 0 unspecified atom stereocenters. The summed E-state index contributed by atoms with van der Waals surface area (Å²) in [5.41, 5.74) is 0.881. The van der Waals surface area contributed by atoms with Gasteiger partial charge in [0.25, 0.3) is 0 Å². The van der Waals surface area contributed by atoms with Crippen LogP contribution in [-0.4, -0.2) is 35.7 Å². The van der Waals surface area contributed by atoms with Crippen molar-refractivity contribution in [2.75, 3.05) is 6.54 Å². The molecule has 9 nitrogen and oxygen atoms in total. The van der Waals surface area contributed by atoms with Crippen LogP contribution in [0.15, 0.2) is 58.0 Å². The SMILES string of the molecule is CCc1nncn1CCNC(=NCc1ccc(S(N)(=O)=O)cc1)NCc1cccs1. The summed E-state index contributed by atoms with van der Waals surface area (Å²) in [5.74, 6) is 1.61. The number of sulfonamides is 1. The number of primary sulfonamides is 1. The molecule has 0 spiro atoms. The summed E-state index contributed by atoms with van der Waals surface area (Å²) >= 11 is 1.68. The molecule has 0 saturated heterocycles. The van der Waals surface area contributed by atoms with Crippen LogP contribution < -0.4 is 15.8 Å². The second-order valence-electron chi connectivity index (χ2n) is 6.51. The van der Waals surface area contributed by atoms with Crippen molar-refractivity contribution in [3.8, 4) is 0 Å². The number of aromatic nitrogens is 3. The molecule has 3 aromatic rings. The molecule has 3 rings (SSSR count). The van der Waals surface area contributed by atoms with E-state index in [0.717, 1.165) is 24.4 Å². The fourth-order valence-corrected chi connectivity index (χ4v) is 3.91. The topological polar surface area (TPSA) is 127 Å². The quantitative estimate of drug-likeness (QED) is 0.337. The maximum absolute atomic E-state index is 11.4. The van der Waals surface area contributed by atoms with Gasteiger partial charge in [0, 0.05) is 24.4 Å². The molecule has 0 amide bonds. The number of benzene rings is 1. The van der Waals surface area contributed by atoms with Gasteiger partial charge >= 0.3 is 0 Å². The van der Waals surface area contributed by atoms with Crippen LogP contribution in [-0.2, 0) is 36.1 Å². The van der Waals surface area contributed by atoms with Crippen LogP contribution in [0.4, 0.5) is 0 Å². The Morgan fingerprint density at radius 3 is 2.70 bits per heavy atom. The molecule has 0 atom stereocenters. The van der Waals surface area contributed by atoms with Crippen LogP contribution in [0.3, 0.4) is 0 Å². The van der Waals surface area contributed by atoms with Gasteiger partial charge < -0.3 is 15.2 Å². The molecular weight excluding hydrogens is 422 g/mol. The minimum absolute atomic E-state index is 0.0880. The van der Waals surface area contributed by atoms with E-state index in [9.17, 15) is 8.42 Å². The second-order valence-corrected chi connectivity index (χ2v) is 9.10. The first-order valence-electron chi connectivity index (χ1n) is 9.48. The number of nitrogens with zero attached hydrogens (tertiary/aromatic N) is 4. The van der Waals surface area contributed by atoms with Crippen LogP contribution in [0.25, 0.3) is 0 Å². The average molecular weight is 448 g/mol. The molecule has 0 radical (unpaired) electrons. The van der Waals surface area contributed by atoms with Gasteiger partial charge in [-0.3, -0.25) is 0 Å². The van der Waals surface area contributed by atoms with Crippen LogP contribution in [0, 0.1) is 0 Å². The third-order valence-corrected chi connectivity index (χ3v) is 6.14. The Balaban J connectivity index is 1.63. The van der Waals surface area contributed by atoms with Crippen molar-refractivity contribution in [3.05, 3.63) is 64.4 Å². The van der Waals surface area contributed by atoms with Gasteiger partial charge in [-0.05, 0) is 29.1 Å². The molecule has 2 aromatic heterocycles. The van der Waals surface area contributed by atoms with E-state index in [1.54, 1.807) is 29.8 Å². The minimum atomic E-state index is -3.70. The van der Waals surface area contributed by atoms with Crippen molar-refractivity contribution >= 4 is 27.3 Å². The molecule has 0 aliphatic carbocycles. The normalized spacial score (nSPS) is 12.1. The molecule has 0 aliphatic heterocycles. The Labute approximate surface area is 180 Å². The highest BCUT2D eigenvalue weighted by Gasteiger charge is 2.07. The van der Waals surface area contributed by atoms with Crippen molar-refractivity contribution in [1.29, 1.82) is 0 Å². The lowest BCUT2D eigenvalue weighted by molar-refractivity contribution is 0.598. The first-order chi connectivity index (χ1) is 14.5. The van der Waals surface area contributed by atoms with E-state index in [1.807, 2.05) is 22.9 Å². The number of guanidine groups is 1. The Kier molecular flexibility index (Phi) is 7.55. The number of rotatable bonds is 9. The number of hydrogen-bond donors (Lipinski definition) is 3. The van der Waals surface area contributed by atoms with E-state index < -0.39 is 10.0 Å². The van der Waals surface area contributed by atoms with Gasteiger partial charge in [-0.1, -0.05) is 25.1 Å². The molecule has 30 heavy (non-hydrogen) atoms. The van der Waals surface area contributed by atoms with Crippen molar-refractivity contribution in [2.24, 2.45) is 10.1 Å². The van der Waals surface area contributed by atoms with E-state index in [1.165, 1.54) is 17.0 Å². The predicted octanol–water partition coefficient (Wildman–Crippen LogP) is 1.49. The van der Waals surface area contributed by atoms with Gasteiger partial charge in [0.1, 0.15) is 12.2 Å². The predicted molar refractivity (Wildman–Crippen MR) is 118 cm³/mol. The zero-order chi connectivity index (χ0) is 21.4.